The van der Waals surface area contributed by atoms with Gasteiger partial charge >= 0.3 is 5.97 Å². The highest BCUT2D eigenvalue weighted by Crippen LogP contribution is 2.40. The van der Waals surface area contributed by atoms with E-state index in [4.69, 9.17) is 9.47 Å². The molecular weight excluding hydrogens is 401 g/mol. The van der Waals surface area contributed by atoms with Gasteiger partial charge in [-0.2, -0.15) is 0 Å². The van der Waals surface area contributed by atoms with Gasteiger partial charge in [0, 0.05) is 12.0 Å². The first kappa shape index (κ1) is 22.5. The Bertz CT molecular complexity index is 1020. The third-order valence-corrected chi connectivity index (χ3v) is 5.27. The van der Waals surface area contributed by atoms with Crippen LogP contribution in [0.4, 0.5) is 4.39 Å². The summed E-state index contributed by atoms with van der Waals surface area (Å²) in [4.78, 5) is 38.1. The van der Waals surface area contributed by atoms with Crippen molar-refractivity contribution in [3.05, 3.63) is 58.9 Å². The Kier molecular flexibility index (Phi) is 6.73. The van der Waals surface area contributed by atoms with Crippen LogP contribution < -0.4 is 14.8 Å². The number of hydrogen-bond donors (Lipinski definition) is 1. The molecule has 0 radical (unpaired) electrons. The standard InChI is InChI=1S/C24H26FNO5/c1-5-30-18-9-7-6-8-15(18)23(28)26-22(13(2)3)24(29)31-19-11-10-16(25)20-14(4)12-17(27)21(19)20/h6-11,13-14,22H,5,12H2,1-4H3,(H,26,28)/t14?,22-/m0/s1. The van der Waals surface area contributed by atoms with Gasteiger partial charge in [-0.1, -0.05) is 32.9 Å². The van der Waals surface area contributed by atoms with Crippen molar-refractivity contribution in [2.24, 2.45) is 5.92 Å². The van der Waals surface area contributed by atoms with Crippen molar-refractivity contribution in [2.45, 2.75) is 46.1 Å². The van der Waals surface area contributed by atoms with E-state index in [2.05, 4.69) is 5.32 Å². The predicted octanol–water partition coefficient (Wildman–Crippen LogP) is 4.27. The first-order valence-corrected chi connectivity index (χ1v) is 10.3. The second-order valence-electron chi connectivity index (χ2n) is 7.91. The second-order valence-corrected chi connectivity index (χ2v) is 7.91. The fourth-order valence-corrected chi connectivity index (χ4v) is 3.73. The third-order valence-electron chi connectivity index (χ3n) is 5.27. The topological polar surface area (TPSA) is 81.7 Å². The lowest BCUT2D eigenvalue weighted by atomic mass is 10.0. The average molecular weight is 427 g/mol. The number of para-hydroxylation sites is 1. The van der Waals surface area contributed by atoms with Crippen LogP contribution in [-0.2, 0) is 4.79 Å². The summed E-state index contributed by atoms with van der Waals surface area (Å²) in [6.07, 6.45) is 0.166. The molecule has 164 valence electrons. The highest BCUT2D eigenvalue weighted by molar-refractivity contribution is 6.04. The van der Waals surface area contributed by atoms with Crippen LogP contribution in [0.3, 0.4) is 0 Å². The maximum absolute atomic E-state index is 14.2. The Morgan fingerprint density at radius 3 is 2.55 bits per heavy atom. The first-order valence-electron chi connectivity index (χ1n) is 10.3. The van der Waals surface area contributed by atoms with Crippen molar-refractivity contribution in [3.8, 4) is 11.5 Å². The number of fused-ring (bicyclic) bond motifs is 1. The number of benzene rings is 2. The Hall–Kier alpha value is -3.22. The number of ketones is 1. The van der Waals surface area contributed by atoms with Gasteiger partial charge in [0.1, 0.15) is 23.4 Å². The average Bonchev–Trinajstić information content (AvgIpc) is 3.03. The molecule has 1 amide bonds. The summed E-state index contributed by atoms with van der Waals surface area (Å²) in [6.45, 7) is 7.49. The molecule has 0 fully saturated rings. The minimum Gasteiger partial charge on any atom is -0.493 e. The molecule has 2 aromatic rings. The summed E-state index contributed by atoms with van der Waals surface area (Å²) in [7, 11) is 0. The predicted molar refractivity (Wildman–Crippen MR) is 113 cm³/mol. The normalized spacial score (nSPS) is 16.1. The van der Waals surface area contributed by atoms with Crippen molar-refractivity contribution in [1.82, 2.24) is 5.32 Å². The highest BCUT2D eigenvalue weighted by Gasteiger charge is 2.35. The van der Waals surface area contributed by atoms with Gasteiger partial charge in [-0.05, 0) is 43.0 Å². The van der Waals surface area contributed by atoms with Crippen LogP contribution >= 0.6 is 0 Å². The molecule has 0 spiro atoms. The molecule has 31 heavy (non-hydrogen) atoms. The van der Waals surface area contributed by atoms with Gasteiger partial charge in [0.2, 0.25) is 0 Å². The lowest BCUT2D eigenvalue weighted by Gasteiger charge is -2.22. The molecule has 7 heteroatoms. The lowest BCUT2D eigenvalue weighted by molar-refractivity contribution is -0.137. The number of carbonyl (C=O) groups is 3. The van der Waals surface area contributed by atoms with E-state index in [1.165, 1.54) is 12.1 Å². The van der Waals surface area contributed by atoms with Crippen LogP contribution in [0.1, 0.15) is 66.3 Å². The molecule has 0 aromatic heterocycles. The summed E-state index contributed by atoms with van der Waals surface area (Å²) in [5.41, 5.74) is 0.678. The Morgan fingerprint density at radius 2 is 1.87 bits per heavy atom. The number of ether oxygens (including phenoxy) is 2. The second kappa shape index (κ2) is 9.29. The smallest absolute Gasteiger partial charge is 0.334 e. The Morgan fingerprint density at radius 1 is 1.16 bits per heavy atom. The zero-order valence-corrected chi connectivity index (χ0v) is 18.0. The molecule has 2 aromatic carbocycles. The summed E-state index contributed by atoms with van der Waals surface area (Å²) in [5, 5.41) is 2.70. The molecule has 1 unspecified atom stereocenters. The van der Waals surface area contributed by atoms with Crippen molar-refractivity contribution >= 4 is 17.7 Å². The minimum atomic E-state index is -0.975. The number of rotatable bonds is 7. The molecular formula is C24H26FNO5. The van der Waals surface area contributed by atoms with E-state index in [0.717, 1.165) is 0 Å². The maximum atomic E-state index is 14.2. The van der Waals surface area contributed by atoms with Crippen molar-refractivity contribution in [1.29, 1.82) is 0 Å². The molecule has 1 N–H and O–H groups in total. The number of Topliss-reactive ketones (excluding diaryl/α,β-unsaturated/α-hetero) is 1. The fourth-order valence-electron chi connectivity index (χ4n) is 3.73. The monoisotopic (exact) mass is 427 g/mol. The highest BCUT2D eigenvalue weighted by atomic mass is 19.1. The molecule has 1 aliphatic carbocycles. The van der Waals surface area contributed by atoms with Crippen LogP contribution in [-0.4, -0.2) is 30.3 Å². The molecule has 0 aliphatic heterocycles. The Labute approximate surface area is 180 Å². The summed E-state index contributed by atoms with van der Waals surface area (Å²) >= 11 is 0. The van der Waals surface area contributed by atoms with Gasteiger partial charge in [-0.3, -0.25) is 9.59 Å². The molecule has 1 aliphatic rings. The number of esters is 1. The molecule has 0 saturated heterocycles. The van der Waals surface area contributed by atoms with E-state index in [0.29, 0.717) is 17.9 Å². The lowest BCUT2D eigenvalue weighted by Crippen LogP contribution is -2.46. The number of nitrogens with one attached hydrogen (secondary N) is 1. The number of amides is 1. The molecule has 6 nitrogen and oxygen atoms in total. The van der Waals surface area contributed by atoms with Crippen molar-refractivity contribution in [2.75, 3.05) is 6.61 Å². The van der Waals surface area contributed by atoms with Gasteiger partial charge in [0.15, 0.2) is 5.78 Å². The SMILES string of the molecule is CCOc1ccccc1C(=O)N[C@H](C(=O)Oc1ccc(F)c2c1C(=O)CC2C)C(C)C. The van der Waals surface area contributed by atoms with E-state index in [1.54, 1.807) is 45.0 Å². The van der Waals surface area contributed by atoms with Gasteiger partial charge in [0.05, 0.1) is 17.7 Å². The van der Waals surface area contributed by atoms with E-state index in [1.807, 2.05) is 6.92 Å². The zero-order valence-electron chi connectivity index (χ0n) is 18.0. The largest absolute Gasteiger partial charge is 0.493 e. The van der Waals surface area contributed by atoms with Crippen LogP contribution in [0.15, 0.2) is 36.4 Å². The fraction of sp³-hybridized carbons (Fsp3) is 0.375. The van der Waals surface area contributed by atoms with E-state index in [9.17, 15) is 18.8 Å². The molecule has 3 rings (SSSR count). The van der Waals surface area contributed by atoms with Crippen molar-refractivity contribution in [3.63, 3.8) is 0 Å². The Balaban J connectivity index is 1.83. The summed E-state index contributed by atoms with van der Waals surface area (Å²) < 4.78 is 25.2. The van der Waals surface area contributed by atoms with Crippen molar-refractivity contribution < 1.29 is 28.2 Å². The maximum Gasteiger partial charge on any atom is 0.334 e. The molecule has 2 atom stereocenters. The van der Waals surface area contributed by atoms with Gasteiger partial charge in [-0.25, -0.2) is 9.18 Å². The quantitative estimate of drug-likeness (QED) is 0.527. The minimum absolute atomic E-state index is 0.0189. The molecule has 0 saturated carbocycles. The first-order chi connectivity index (χ1) is 14.7. The third kappa shape index (κ3) is 4.60. The van der Waals surface area contributed by atoms with E-state index < -0.39 is 23.7 Å². The van der Waals surface area contributed by atoms with Crippen LogP contribution in [0.5, 0.6) is 11.5 Å². The van der Waals surface area contributed by atoms with E-state index >= 15 is 0 Å². The van der Waals surface area contributed by atoms with Crippen LogP contribution in [0.2, 0.25) is 0 Å². The van der Waals surface area contributed by atoms with Crippen LogP contribution in [0, 0.1) is 11.7 Å². The molecule has 0 bridgehead atoms. The zero-order chi connectivity index (χ0) is 22.7. The number of hydrogen-bond acceptors (Lipinski definition) is 5. The summed E-state index contributed by atoms with van der Waals surface area (Å²) in [5.74, 6) is -2.10. The van der Waals surface area contributed by atoms with Gasteiger partial charge in [0.25, 0.3) is 5.91 Å². The van der Waals surface area contributed by atoms with E-state index in [-0.39, 0.29) is 40.9 Å². The van der Waals surface area contributed by atoms with Gasteiger partial charge in [-0.15, -0.1) is 0 Å². The number of carbonyl (C=O) groups excluding carboxylic acids is 3. The summed E-state index contributed by atoms with van der Waals surface area (Å²) in [6, 6.07) is 8.24. The number of halogens is 1. The molecule has 0 heterocycles. The van der Waals surface area contributed by atoms with Gasteiger partial charge < -0.3 is 14.8 Å². The van der Waals surface area contributed by atoms with Crippen LogP contribution in [0.25, 0.3) is 0 Å².